The van der Waals surface area contributed by atoms with Crippen LogP contribution in [0.15, 0.2) is 24.3 Å². The molecule has 2 fully saturated rings. The van der Waals surface area contributed by atoms with Crippen molar-refractivity contribution in [2.45, 2.75) is 25.8 Å². The fraction of sp³-hybridized carbons (Fsp3) is 0.611. The van der Waals surface area contributed by atoms with Gasteiger partial charge in [-0.25, -0.2) is 0 Å². The number of nitrogens with one attached hydrogen (secondary N) is 1. The first-order valence-electron chi connectivity index (χ1n) is 8.55. The van der Waals surface area contributed by atoms with Crippen molar-refractivity contribution in [1.29, 1.82) is 0 Å². The quantitative estimate of drug-likeness (QED) is 0.679. The zero-order valence-electron chi connectivity index (χ0n) is 13.8. The van der Waals surface area contributed by atoms with Gasteiger partial charge in [-0.15, -0.1) is 0 Å². The van der Waals surface area contributed by atoms with Crippen LogP contribution < -0.4 is 10.1 Å². The van der Waals surface area contributed by atoms with Crippen LogP contribution in [0.4, 0.5) is 0 Å². The minimum Gasteiger partial charge on any atom is -0.427 e. The second kappa shape index (κ2) is 7.90. The molecule has 2 heterocycles. The highest BCUT2D eigenvalue weighted by Gasteiger charge is 2.31. The summed E-state index contributed by atoms with van der Waals surface area (Å²) in [6, 6.07) is 8.46. The Kier molecular flexibility index (Phi) is 5.65. The number of piperazine rings is 1. The van der Waals surface area contributed by atoms with E-state index in [1.165, 1.54) is 12.5 Å². The number of ether oxygens (including phenoxy) is 2. The summed E-state index contributed by atoms with van der Waals surface area (Å²) < 4.78 is 10.7. The Labute approximate surface area is 137 Å². The number of carbonyl (C=O) groups excluding carboxylic acids is 1. The topological polar surface area (TPSA) is 50.8 Å². The number of nitrogens with zero attached hydrogens (tertiary/aromatic N) is 1. The van der Waals surface area contributed by atoms with Gasteiger partial charge in [0, 0.05) is 52.4 Å². The van der Waals surface area contributed by atoms with Gasteiger partial charge in [-0.05, 0) is 36.5 Å². The van der Waals surface area contributed by atoms with Crippen LogP contribution in [0, 0.1) is 5.92 Å². The lowest BCUT2D eigenvalue weighted by atomic mass is 9.85. The molecule has 0 aliphatic carbocycles. The molecule has 5 nitrogen and oxygen atoms in total. The average molecular weight is 318 g/mol. The highest BCUT2D eigenvalue weighted by atomic mass is 16.5. The van der Waals surface area contributed by atoms with Crippen LogP contribution in [0.1, 0.15) is 31.4 Å². The van der Waals surface area contributed by atoms with Gasteiger partial charge in [0.2, 0.25) is 0 Å². The number of benzene rings is 1. The normalized spacial score (nSPS) is 21.8. The Balaban J connectivity index is 1.79. The largest absolute Gasteiger partial charge is 0.427 e. The Hall–Kier alpha value is -1.43. The van der Waals surface area contributed by atoms with E-state index >= 15 is 0 Å². The first kappa shape index (κ1) is 16.4. The van der Waals surface area contributed by atoms with Gasteiger partial charge < -0.3 is 14.8 Å². The van der Waals surface area contributed by atoms with Crippen molar-refractivity contribution in [2.24, 2.45) is 5.92 Å². The lowest BCUT2D eigenvalue weighted by Gasteiger charge is -2.41. The smallest absolute Gasteiger partial charge is 0.308 e. The summed E-state index contributed by atoms with van der Waals surface area (Å²) in [6.07, 6.45) is 2.22. The number of rotatable bonds is 4. The maximum Gasteiger partial charge on any atom is 0.308 e. The maximum atomic E-state index is 11.1. The third-order valence-corrected chi connectivity index (χ3v) is 4.74. The Morgan fingerprint density at radius 2 is 1.87 bits per heavy atom. The summed E-state index contributed by atoms with van der Waals surface area (Å²) in [5, 5.41) is 3.43. The summed E-state index contributed by atoms with van der Waals surface area (Å²) in [5.74, 6) is 0.967. The van der Waals surface area contributed by atoms with Crippen molar-refractivity contribution in [2.75, 3.05) is 39.4 Å². The molecule has 1 N–H and O–H groups in total. The van der Waals surface area contributed by atoms with Gasteiger partial charge in [0.05, 0.1) is 0 Å². The molecule has 23 heavy (non-hydrogen) atoms. The first-order chi connectivity index (χ1) is 11.2. The second-order valence-electron chi connectivity index (χ2n) is 6.34. The molecule has 0 bridgehead atoms. The van der Waals surface area contributed by atoms with Crippen LogP contribution in [0.2, 0.25) is 0 Å². The van der Waals surface area contributed by atoms with E-state index in [9.17, 15) is 4.79 Å². The standard InChI is InChI=1S/C18H26N2O3/c1-14(21)23-17-4-2-15(3-5-17)18(16-6-12-22-13-7-16)20-10-8-19-9-11-20/h2-5,16,18-19H,6-13H2,1H3/t18-/m1/s1. The molecule has 5 heteroatoms. The van der Waals surface area contributed by atoms with E-state index in [1.807, 2.05) is 12.1 Å². The van der Waals surface area contributed by atoms with Gasteiger partial charge >= 0.3 is 5.97 Å². The molecule has 126 valence electrons. The van der Waals surface area contributed by atoms with Crippen molar-refractivity contribution in [3.05, 3.63) is 29.8 Å². The van der Waals surface area contributed by atoms with Gasteiger partial charge in [-0.1, -0.05) is 12.1 Å². The minimum absolute atomic E-state index is 0.277. The van der Waals surface area contributed by atoms with Crippen LogP contribution in [0.5, 0.6) is 5.75 Å². The van der Waals surface area contributed by atoms with Crippen LogP contribution in [-0.4, -0.2) is 50.3 Å². The van der Waals surface area contributed by atoms with Crippen molar-refractivity contribution in [3.8, 4) is 5.75 Å². The Bertz CT molecular complexity index is 488. The monoisotopic (exact) mass is 318 g/mol. The molecule has 0 saturated carbocycles. The van der Waals surface area contributed by atoms with Crippen LogP contribution >= 0.6 is 0 Å². The first-order valence-corrected chi connectivity index (χ1v) is 8.55. The molecular formula is C18H26N2O3. The molecule has 0 aromatic heterocycles. The van der Waals surface area contributed by atoms with Crippen molar-refractivity contribution in [3.63, 3.8) is 0 Å². The van der Waals surface area contributed by atoms with Crippen LogP contribution in [0.25, 0.3) is 0 Å². The van der Waals surface area contributed by atoms with Gasteiger partial charge in [0.1, 0.15) is 5.75 Å². The summed E-state index contributed by atoms with van der Waals surface area (Å²) >= 11 is 0. The van der Waals surface area contributed by atoms with Gasteiger partial charge in [-0.3, -0.25) is 9.69 Å². The van der Waals surface area contributed by atoms with E-state index in [0.29, 0.717) is 17.7 Å². The maximum absolute atomic E-state index is 11.1. The minimum atomic E-state index is -0.277. The van der Waals surface area contributed by atoms with E-state index < -0.39 is 0 Å². The Morgan fingerprint density at radius 3 is 2.48 bits per heavy atom. The van der Waals surface area contributed by atoms with Crippen molar-refractivity contribution < 1.29 is 14.3 Å². The predicted molar refractivity (Wildman–Crippen MR) is 88.5 cm³/mol. The third kappa shape index (κ3) is 4.31. The molecule has 0 spiro atoms. The molecule has 2 aliphatic heterocycles. The number of hydrogen-bond donors (Lipinski definition) is 1. The lowest BCUT2D eigenvalue weighted by Crippen LogP contribution is -2.47. The second-order valence-corrected chi connectivity index (χ2v) is 6.34. The summed E-state index contributed by atoms with van der Waals surface area (Å²) in [7, 11) is 0. The summed E-state index contributed by atoms with van der Waals surface area (Å²) in [5.41, 5.74) is 1.31. The van der Waals surface area contributed by atoms with E-state index in [1.54, 1.807) is 0 Å². The molecule has 2 aliphatic rings. The molecule has 3 rings (SSSR count). The van der Waals surface area contributed by atoms with E-state index in [0.717, 1.165) is 52.2 Å². The van der Waals surface area contributed by atoms with E-state index in [4.69, 9.17) is 9.47 Å². The highest BCUT2D eigenvalue weighted by Crippen LogP contribution is 2.35. The molecule has 0 radical (unpaired) electrons. The zero-order chi connectivity index (χ0) is 16.1. The SMILES string of the molecule is CC(=O)Oc1ccc([C@H](C2CCOCC2)N2CCNCC2)cc1. The molecular weight excluding hydrogens is 292 g/mol. The molecule has 0 amide bonds. The fourth-order valence-electron chi connectivity index (χ4n) is 3.67. The van der Waals surface area contributed by atoms with Crippen LogP contribution in [-0.2, 0) is 9.53 Å². The number of carbonyl (C=O) groups is 1. The van der Waals surface area contributed by atoms with Gasteiger partial charge in [-0.2, -0.15) is 0 Å². The third-order valence-electron chi connectivity index (χ3n) is 4.74. The Morgan fingerprint density at radius 1 is 1.22 bits per heavy atom. The predicted octanol–water partition coefficient (Wildman–Crippen LogP) is 1.98. The zero-order valence-corrected chi connectivity index (χ0v) is 13.8. The molecule has 2 saturated heterocycles. The number of esters is 1. The molecule has 0 unspecified atom stereocenters. The summed E-state index contributed by atoms with van der Waals surface area (Å²) in [6.45, 7) is 7.40. The molecule has 1 atom stereocenters. The molecule has 1 aromatic rings. The fourth-order valence-corrected chi connectivity index (χ4v) is 3.67. The highest BCUT2D eigenvalue weighted by molar-refractivity contribution is 5.69. The number of hydrogen-bond acceptors (Lipinski definition) is 5. The summed E-state index contributed by atoms with van der Waals surface area (Å²) in [4.78, 5) is 13.7. The van der Waals surface area contributed by atoms with Gasteiger partial charge in [0.25, 0.3) is 0 Å². The van der Waals surface area contributed by atoms with E-state index in [-0.39, 0.29) is 5.97 Å². The molecule has 1 aromatic carbocycles. The lowest BCUT2D eigenvalue weighted by molar-refractivity contribution is -0.131. The average Bonchev–Trinajstić information content (AvgIpc) is 2.58. The van der Waals surface area contributed by atoms with Crippen molar-refractivity contribution in [1.82, 2.24) is 10.2 Å². The van der Waals surface area contributed by atoms with E-state index in [2.05, 4.69) is 22.3 Å². The van der Waals surface area contributed by atoms with Crippen molar-refractivity contribution >= 4 is 5.97 Å². The van der Waals surface area contributed by atoms with Gasteiger partial charge in [0.15, 0.2) is 0 Å². The van der Waals surface area contributed by atoms with Crippen LogP contribution in [0.3, 0.4) is 0 Å².